The number of anilines is 1. The molecule has 0 aromatic carbocycles. The van der Waals surface area contributed by atoms with Crippen LogP contribution in [0.2, 0.25) is 0 Å². The Morgan fingerprint density at radius 2 is 2.12 bits per heavy atom. The van der Waals surface area contributed by atoms with E-state index in [0.29, 0.717) is 12.1 Å². The van der Waals surface area contributed by atoms with Crippen molar-refractivity contribution in [1.82, 2.24) is 15.2 Å². The summed E-state index contributed by atoms with van der Waals surface area (Å²) in [6.07, 6.45) is 1.78. The first kappa shape index (κ1) is 11.4. The Labute approximate surface area is 96.8 Å². The minimum Gasteiger partial charge on any atom is -0.399 e. The first-order chi connectivity index (χ1) is 7.63. The van der Waals surface area contributed by atoms with E-state index in [9.17, 15) is 0 Å². The Bertz CT molecular complexity index is 343. The van der Waals surface area contributed by atoms with E-state index in [-0.39, 0.29) is 0 Å². The van der Waals surface area contributed by atoms with Crippen LogP contribution in [0, 0.1) is 0 Å². The Morgan fingerprint density at radius 3 is 2.75 bits per heavy atom. The largest absolute Gasteiger partial charge is 0.399 e. The van der Waals surface area contributed by atoms with Crippen molar-refractivity contribution in [1.29, 1.82) is 0 Å². The molecule has 0 bridgehead atoms. The highest BCUT2D eigenvalue weighted by Gasteiger charge is 2.20. The zero-order valence-corrected chi connectivity index (χ0v) is 9.98. The van der Waals surface area contributed by atoms with E-state index in [0.717, 1.165) is 31.0 Å². The van der Waals surface area contributed by atoms with Gasteiger partial charge in [0.2, 0.25) is 0 Å². The number of nitrogens with one attached hydrogen (secondary N) is 1. The number of nitrogen functional groups attached to an aromatic ring is 1. The van der Waals surface area contributed by atoms with Crippen LogP contribution >= 0.6 is 0 Å². The number of piperazine rings is 1. The van der Waals surface area contributed by atoms with Gasteiger partial charge in [0, 0.05) is 43.6 Å². The Kier molecular flexibility index (Phi) is 3.41. The second-order valence-corrected chi connectivity index (χ2v) is 4.74. The molecule has 0 spiro atoms. The molecule has 1 saturated heterocycles. The lowest BCUT2D eigenvalue weighted by molar-refractivity contribution is 0.165. The molecule has 2 heterocycles. The minimum atomic E-state index is 0.546. The molecular formula is C12H20N4. The molecule has 1 aromatic heterocycles. The fourth-order valence-electron chi connectivity index (χ4n) is 2.38. The van der Waals surface area contributed by atoms with E-state index in [1.807, 2.05) is 12.1 Å². The van der Waals surface area contributed by atoms with Crippen LogP contribution in [-0.2, 0) is 6.54 Å². The van der Waals surface area contributed by atoms with Gasteiger partial charge in [-0.05, 0) is 26.0 Å². The van der Waals surface area contributed by atoms with Crippen LogP contribution in [0.15, 0.2) is 18.3 Å². The first-order valence-electron chi connectivity index (χ1n) is 5.82. The van der Waals surface area contributed by atoms with Crippen LogP contribution in [-0.4, -0.2) is 35.1 Å². The highest BCUT2D eigenvalue weighted by molar-refractivity contribution is 5.37. The lowest BCUT2D eigenvalue weighted by Gasteiger charge is -2.35. The van der Waals surface area contributed by atoms with Gasteiger partial charge in [-0.25, -0.2) is 0 Å². The van der Waals surface area contributed by atoms with Gasteiger partial charge in [0.25, 0.3) is 0 Å². The third kappa shape index (κ3) is 2.93. The summed E-state index contributed by atoms with van der Waals surface area (Å²) in [6, 6.07) is 4.87. The van der Waals surface area contributed by atoms with Crippen LogP contribution in [0.3, 0.4) is 0 Å². The van der Waals surface area contributed by atoms with E-state index in [4.69, 9.17) is 5.73 Å². The van der Waals surface area contributed by atoms with Gasteiger partial charge in [0.15, 0.2) is 0 Å². The highest BCUT2D eigenvalue weighted by Crippen LogP contribution is 2.10. The third-order valence-corrected chi connectivity index (χ3v) is 2.86. The fourth-order valence-corrected chi connectivity index (χ4v) is 2.38. The van der Waals surface area contributed by atoms with Gasteiger partial charge in [-0.3, -0.25) is 9.88 Å². The van der Waals surface area contributed by atoms with Gasteiger partial charge < -0.3 is 11.1 Å². The van der Waals surface area contributed by atoms with E-state index in [1.165, 1.54) is 0 Å². The first-order valence-corrected chi connectivity index (χ1v) is 5.82. The van der Waals surface area contributed by atoms with Crippen molar-refractivity contribution in [2.45, 2.75) is 32.5 Å². The second-order valence-electron chi connectivity index (χ2n) is 4.74. The van der Waals surface area contributed by atoms with Gasteiger partial charge in [0.05, 0.1) is 5.69 Å². The molecule has 0 saturated carbocycles. The molecule has 1 aromatic rings. The number of nitrogens with zero attached hydrogens (tertiary/aromatic N) is 2. The Morgan fingerprint density at radius 1 is 1.44 bits per heavy atom. The van der Waals surface area contributed by atoms with Crippen LogP contribution in [0.25, 0.3) is 0 Å². The van der Waals surface area contributed by atoms with Gasteiger partial charge >= 0.3 is 0 Å². The smallest absolute Gasteiger partial charge is 0.0564 e. The summed E-state index contributed by atoms with van der Waals surface area (Å²) in [5, 5.41) is 3.52. The number of nitrogens with two attached hydrogens (primary N) is 1. The lowest BCUT2D eigenvalue weighted by Crippen LogP contribution is -2.53. The van der Waals surface area contributed by atoms with Crippen molar-refractivity contribution in [3.8, 4) is 0 Å². The summed E-state index contributed by atoms with van der Waals surface area (Å²) in [6.45, 7) is 7.47. The molecule has 88 valence electrons. The van der Waals surface area contributed by atoms with Crippen molar-refractivity contribution >= 4 is 5.69 Å². The Balaban J connectivity index is 1.98. The topological polar surface area (TPSA) is 54.2 Å². The van der Waals surface area contributed by atoms with Crippen LogP contribution in [0.4, 0.5) is 5.69 Å². The average Bonchev–Trinajstić information content (AvgIpc) is 2.15. The van der Waals surface area contributed by atoms with E-state index in [2.05, 4.69) is 29.0 Å². The highest BCUT2D eigenvalue weighted by atomic mass is 15.2. The average molecular weight is 220 g/mol. The van der Waals surface area contributed by atoms with E-state index < -0.39 is 0 Å². The molecule has 2 atom stereocenters. The van der Waals surface area contributed by atoms with Crippen molar-refractivity contribution in [2.75, 3.05) is 18.8 Å². The van der Waals surface area contributed by atoms with Crippen LogP contribution in [0.1, 0.15) is 19.5 Å². The number of hydrogen-bond acceptors (Lipinski definition) is 4. The number of pyridine rings is 1. The minimum absolute atomic E-state index is 0.546. The Hall–Kier alpha value is -1.13. The molecule has 1 fully saturated rings. The predicted octanol–water partition coefficient (Wildman–Crippen LogP) is 0.846. The summed E-state index contributed by atoms with van der Waals surface area (Å²) in [7, 11) is 0. The van der Waals surface area contributed by atoms with Crippen LogP contribution in [0.5, 0.6) is 0 Å². The van der Waals surface area contributed by atoms with Gasteiger partial charge in [-0.2, -0.15) is 0 Å². The normalized spacial score (nSPS) is 26.9. The van der Waals surface area contributed by atoms with Crippen molar-refractivity contribution in [2.24, 2.45) is 0 Å². The zero-order chi connectivity index (χ0) is 11.5. The van der Waals surface area contributed by atoms with Crippen LogP contribution < -0.4 is 11.1 Å². The number of rotatable bonds is 2. The molecule has 0 radical (unpaired) electrons. The molecule has 1 aliphatic rings. The fraction of sp³-hybridized carbons (Fsp3) is 0.583. The molecule has 4 nitrogen and oxygen atoms in total. The summed E-state index contributed by atoms with van der Waals surface area (Å²) < 4.78 is 0. The van der Waals surface area contributed by atoms with Gasteiger partial charge in [-0.1, -0.05) is 0 Å². The molecular weight excluding hydrogens is 200 g/mol. The quantitative estimate of drug-likeness (QED) is 0.775. The summed E-state index contributed by atoms with van der Waals surface area (Å²) in [4.78, 5) is 6.77. The predicted molar refractivity (Wildman–Crippen MR) is 66.0 cm³/mol. The molecule has 2 unspecified atom stereocenters. The second kappa shape index (κ2) is 4.80. The standard InChI is InChI=1S/C12H20N4/c1-9-6-16(7-10(2)15-9)8-12-5-11(13)3-4-14-12/h3-5,9-10,15H,6-8H2,1-2H3,(H2,13,14). The maximum absolute atomic E-state index is 5.75. The molecule has 4 heteroatoms. The summed E-state index contributed by atoms with van der Waals surface area (Å²) in [5.41, 5.74) is 7.60. The third-order valence-electron chi connectivity index (χ3n) is 2.86. The molecule has 0 aliphatic carbocycles. The molecule has 3 N–H and O–H groups in total. The molecule has 0 amide bonds. The summed E-state index contributed by atoms with van der Waals surface area (Å²) in [5.74, 6) is 0. The monoisotopic (exact) mass is 220 g/mol. The van der Waals surface area contributed by atoms with Crippen molar-refractivity contribution in [3.63, 3.8) is 0 Å². The summed E-state index contributed by atoms with van der Waals surface area (Å²) >= 11 is 0. The van der Waals surface area contributed by atoms with Gasteiger partial charge in [-0.15, -0.1) is 0 Å². The maximum atomic E-state index is 5.75. The number of hydrogen-bond donors (Lipinski definition) is 2. The maximum Gasteiger partial charge on any atom is 0.0564 e. The number of aromatic nitrogens is 1. The molecule has 16 heavy (non-hydrogen) atoms. The molecule has 2 rings (SSSR count). The van der Waals surface area contributed by atoms with Crippen molar-refractivity contribution in [3.05, 3.63) is 24.0 Å². The van der Waals surface area contributed by atoms with E-state index >= 15 is 0 Å². The lowest BCUT2D eigenvalue weighted by atomic mass is 10.1. The van der Waals surface area contributed by atoms with Gasteiger partial charge in [0.1, 0.15) is 0 Å². The zero-order valence-electron chi connectivity index (χ0n) is 9.98. The SMILES string of the molecule is CC1CN(Cc2cc(N)ccn2)CC(C)N1. The van der Waals surface area contributed by atoms with Crippen molar-refractivity contribution < 1.29 is 0 Å². The molecule has 1 aliphatic heterocycles. The van der Waals surface area contributed by atoms with E-state index in [1.54, 1.807) is 6.20 Å².